The van der Waals surface area contributed by atoms with Gasteiger partial charge in [0.2, 0.25) is 11.8 Å². The summed E-state index contributed by atoms with van der Waals surface area (Å²) in [7, 11) is 0. The normalized spacial score (nSPS) is 20.6. The Kier molecular flexibility index (Phi) is 2.51. The molecular formula is C16H13N3O3. The van der Waals surface area contributed by atoms with E-state index in [0.29, 0.717) is 29.6 Å². The third kappa shape index (κ3) is 1.57. The van der Waals surface area contributed by atoms with E-state index in [2.05, 4.69) is 16.9 Å². The Bertz CT molecular complexity index is 859. The Morgan fingerprint density at radius 1 is 1.36 bits per heavy atom. The molecule has 110 valence electrons. The third-order valence-corrected chi connectivity index (χ3v) is 4.20. The summed E-state index contributed by atoms with van der Waals surface area (Å²) >= 11 is 0. The maximum atomic E-state index is 12.7. The summed E-state index contributed by atoms with van der Waals surface area (Å²) in [6.07, 6.45) is 2.66. The minimum absolute atomic E-state index is 0.172. The predicted octanol–water partition coefficient (Wildman–Crippen LogP) is 1.69. The molecule has 1 aromatic carbocycles. The maximum Gasteiger partial charge on any atom is 0.265 e. The number of allylic oxidation sites excluding steroid dienone is 1. The number of pyridine rings is 1. The van der Waals surface area contributed by atoms with Crippen molar-refractivity contribution in [2.45, 2.75) is 18.9 Å². The lowest BCUT2D eigenvalue weighted by Gasteiger charge is -2.31. The van der Waals surface area contributed by atoms with E-state index in [1.807, 2.05) is 12.1 Å². The van der Waals surface area contributed by atoms with Crippen LogP contribution < -0.4 is 10.2 Å². The molecule has 2 N–H and O–H groups in total. The number of anilines is 1. The highest BCUT2D eigenvalue weighted by Gasteiger charge is 2.41. The SMILES string of the molecule is C=C1CCC(N2C(=O)c3c(O)ncc4cccc2c34)C(=O)N1. The molecule has 1 saturated heterocycles. The lowest BCUT2D eigenvalue weighted by molar-refractivity contribution is -0.122. The number of rotatable bonds is 1. The molecule has 0 saturated carbocycles. The Hall–Kier alpha value is -2.89. The first-order valence-electron chi connectivity index (χ1n) is 7.01. The van der Waals surface area contributed by atoms with Gasteiger partial charge in [-0.2, -0.15) is 0 Å². The predicted molar refractivity (Wildman–Crippen MR) is 80.5 cm³/mol. The molecule has 0 spiro atoms. The van der Waals surface area contributed by atoms with Gasteiger partial charge in [-0.1, -0.05) is 18.7 Å². The number of aromatic nitrogens is 1. The lowest BCUT2D eigenvalue weighted by atomic mass is 10.0. The molecule has 1 aromatic heterocycles. The number of nitrogens with one attached hydrogen (secondary N) is 1. The van der Waals surface area contributed by atoms with Crippen LogP contribution in [0.4, 0.5) is 5.69 Å². The zero-order valence-corrected chi connectivity index (χ0v) is 11.7. The van der Waals surface area contributed by atoms with Crippen LogP contribution >= 0.6 is 0 Å². The summed E-state index contributed by atoms with van der Waals surface area (Å²) in [6, 6.07) is 4.82. The van der Waals surface area contributed by atoms with Gasteiger partial charge >= 0.3 is 0 Å². The van der Waals surface area contributed by atoms with Gasteiger partial charge in [0.1, 0.15) is 11.6 Å². The van der Waals surface area contributed by atoms with Crippen LogP contribution in [-0.4, -0.2) is 27.9 Å². The van der Waals surface area contributed by atoms with Crippen LogP contribution in [0.15, 0.2) is 36.7 Å². The van der Waals surface area contributed by atoms with Crippen molar-refractivity contribution in [3.8, 4) is 5.88 Å². The van der Waals surface area contributed by atoms with E-state index in [9.17, 15) is 14.7 Å². The first-order chi connectivity index (χ1) is 10.6. The van der Waals surface area contributed by atoms with Crippen LogP contribution in [0.2, 0.25) is 0 Å². The van der Waals surface area contributed by atoms with E-state index in [-0.39, 0.29) is 23.3 Å². The summed E-state index contributed by atoms with van der Waals surface area (Å²) in [5, 5.41) is 14.1. The smallest absolute Gasteiger partial charge is 0.265 e. The zero-order chi connectivity index (χ0) is 15.4. The fourth-order valence-corrected chi connectivity index (χ4v) is 3.20. The number of aromatic hydroxyl groups is 1. The van der Waals surface area contributed by atoms with Crippen molar-refractivity contribution in [1.29, 1.82) is 0 Å². The minimum Gasteiger partial charge on any atom is -0.493 e. The van der Waals surface area contributed by atoms with E-state index in [0.717, 1.165) is 5.39 Å². The van der Waals surface area contributed by atoms with Crippen molar-refractivity contribution >= 4 is 28.3 Å². The van der Waals surface area contributed by atoms with Gasteiger partial charge in [-0.3, -0.25) is 14.5 Å². The Morgan fingerprint density at radius 3 is 2.95 bits per heavy atom. The molecule has 0 bridgehead atoms. The monoisotopic (exact) mass is 295 g/mol. The van der Waals surface area contributed by atoms with Crippen molar-refractivity contribution in [2.24, 2.45) is 0 Å². The molecule has 4 rings (SSSR count). The summed E-state index contributed by atoms with van der Waals surface area (Å²) in [5.41, 5.74) is 1.47. The molecule has 2 amide bonds. The van der Waals surface area contributed by atoms with Crippen LogP contribution in [0.25, 0.3) is 10.8 Å². The number of carbonyl (C=O) groups excluding carboxylic acids is 2. The molecule has 6 heteroatoms. The topological polar surface area (TPSA) is 82.5 Å². The Balaban J connectivity index is 1.89. The van der Waals surface area contributed by atoms with Gasteiger partial charge in [-0.25, -0.2) is 4.98 Å². The highest BCUT2D eigenvalue weighted by Crippen LogP contribution is 2.42. The van der Waals surface area contributed by atoms with Crippen LogP contribution in [0, 0.1) is 0 Å². The number of amides is 2. The molecule has 3 heterocycles. The number of hydrogen-bond donors (Lipinski definition) is 2. The van der Waals surface area contributed by atoms with Crippen LogP contribution in [0.1, 0.15) is 23.2 Å². The Morgan fingerprint density at radius 2 is 2.18 bits per heavy atom. The van der Waals surface area contributed by atoms with E-state index in [4.69, 9.17) is 0 Å². The van der Waals surface area contributed by atoms with E-state index < -0.39 is 6.04 Å². The molecule has 6 nitrogen and oxygen atoms in total. The van der Waals surface area contributed by atoms with E-state index in [1.165, 1.54) is 11.1 Å². The van der Waals surface area contributed by atoms with Gasteiger partial charge < -0.3 is 10.4 Å². The van der Waals surface area contributed by atoms with Crippen LogP contribution in [0.5, 0.6) is 5.88 Å². The molecule has 1 fully saturated rings. The van der Waals surface area contributed by atoms with Crippen molar-refractivity contribution < 1.29 is 14.7 Å². The highest BCUT2D eigenvalue weighted by atomic mass is 16.3. The number of hydrogen-bond acceptors (Lipinski definition) is 4. The molecule has 2 aliphatic heterocycles. The molecule has 22 heavy (non-hydrogen) atoms. The zero-order valence-electron chi connectivity index (χ0n) is 11.7. The number of carbonyl (C=O) groups is 2. The fourth-order valence-electron chi connectivity index (χ4n) is 3.20. The van der Waals surface area contributed by atoms with Crippen molar-refractivity contribution in [3.63, 3.8) is 0 Å². The lowest BCUT2D eigenvalue weighted by Crippen LogP contribution is -2.51. The van der Waals surface area contributed by atoms with Crippen LogP contribution in [-0.2, 0) is 4.79 Å². The second kappa shape index (κ2) is 4.30. The molecular weight excluding hydrogens is 282 g/mol. The molecule has 2 aliphatic rings. The van der Waals surface area contributed by atoms with Gasteiger partial charge in [0.15, 0.2) is 0 Å². The summed E-state index contributed by atoms with van der Waals surface area (Å²) in [6.45, 7) is 3.75. The van der Waals surface area contributed by atoms with E-state index >= 15 is 0 Å². The summed E-state index contributed by atoms with van der Waals surface area (Å²) < 4.78 is 0. The standard InChI is InChI=1S/C16H13N3O3/c1-8-5-6-11(14(20)18-8)19-10-4-2-3-9-7-17-15(21)13(12(9)10)16(19)22/h2-4,7,11H,1,5-6H2,(H,17,21)(H,18,20). The van der Waals surface area contributed by atoms with Gasteiger partial charge in [0.05, 0.1) is 5.69 Å². The second-order valence-electron chi connectivity index (χ2n) is 5.52. The molecule has 0 aliphatic carbocycles. The quantitative estimate of drug-likeness (QED) is 0.838. The first-order valence-corrected chi connectivity index (χ1v) is 7.01. The van der Waals surface area contributed by atoms with Crippen molar-refractivity contribution in [1.82, 2.24) is 10.3 Å². The number of piperidine rings is 1. The highest BCUT2D eigenvalue weighted by molar-refractivity contribution is 6.27. The molecule has 2 aromatic rings. The Labute approximate surface area is 126 Å². The average Bonchev–Trinajstić information content (AvgIpc) is 2.78. The van der Waals surface area contributed by atoms with Crippen molar-refractivity contribution in [3.05, 3.63) is 42.2 Å². The second-order valence-corrected chi connectivity index (χ2v) is 5.52. The summed E-state index contributed by atoms with van der Waals surface area (Å²) in [4.78, 5) is 30.3. The van der Waals surface area contributed by atoms with Gasteiger partial charge in [-0.05, 0) is 18.9 Å². The summed E-state index contributed by atoms with van der Waals surface area (Å²) in [5.74, 6) is -0.931. The van der Waals surface area contributed by atoms with Crippen LogP contribution in [0.3, 0.4) is 0 Å². The van der Waals surface area contributed by atoms with E-state index in [1.54, 1.807) is 6.07 Å². The largest absolute Gasteiger partial charge is 0.493 e. The fraction of sp³-hybridized carbons (Fsp3) is 0.188. The van der Waals surface area contributed by atoms with Crippen molar-refractivity contribution in [2.75, 3.05) is 4.90 Å². The molecule has 1 atom stereocenters. The number of benzene rings is 1. The molecule has 1 unspecified atom stereocenters. The minimum atomic E-state index is -0.601. The van der Waals surface area contributed by atoms with Gasteiger partial charge in [0, 0.05) is 22.7 Å². The van der Waals surface area contributed by atoms with Gasteiger partial charge in [-0.15, -0.1) is 0 Å². The first kappa shape index (κ1) is 12.8. The average molecular weight is 295 g/mol. The maximum absolute atomic E-state index is 12.7. The molecule has 0 radical (unpaired) electrons. The van der Waals surface area contributed by atoms with Gasteiger partial charge in [0.25, 0.3) is 5.91 Å². The number of nitrogens with zero attached hydrogens (tertiary/aromatic N) is 2. The third-order valence-electron chi connectivity index (χ3n) is 4.20.